The molecule has 1 N–H and O–H groups in total. The van der Waals surface area contributed by atoms with Gasteiger partial charge in [-0.1, -0.05) is 54.8 Å². The van der Waals surface area contributed by atoms with Crippen LogP contribution in [0.15, 0.2) is 53.5 Å². The summed E-state index contributed by atoms with van der Waals surface area (Å²) >= 11 is 12.0. The predicted molar refractivity (Wildman–Crippen MR) is 127 cm³/mol. The average molecular weight is 441 g/mol. The van der Waals surface area contributed by atoms with Gasteiger partial charge in [-0.15, -0.1) is 0 Å². The van der Waals surface area contributed by atoms with Crippen molar-refractivity contribution in [1.29, 1.82) is 0 Å². The van der Waals surface area contributed by atoms with E-state index in [0.717, 1.165) is 48.5 Å². The Labute approximate surface area is 187 Å². The molecule has 2 aliphatic rings. The molecule has 2 aromatic rings. The smallest absolute Gasteiger partial charge is 0.272 e. The maximum Gasteiger partial charge on any atom is 0.272 e. The van der Waals surface area contributed by atoms with Gasteiger partial charge in [0.05, 0.1) is 11.4 Å². The molecule has 2 aromatic carbocycles. The lowest BCUT2D eigenvalue weighted by Gasteiger charge is -2.27. The van der Waals surface area contributed by atoms with Gasteiger partial charge < -0.3 is 15.1 Å². The van der Waals surface area contributed by atoms with Crippen molar-refractivity contribution < 1.29 is 4.79 Å². The second kappa shape index (κ2) is 9.14. The van der Waals surface area contributed by atoms with Crippen LogP contribution in [0.25, 0.3) is 0 Å². The minimum absolute atomic E-state index is 0.151. The van der Waals surface area contributed by atoms with Crippen LogP contribution in [-0.4, -0.2) is 47.9 Å². The van der Waals surface area contributed by atoms with E-state index in [4.69, 9.17) is 28.8 Å². The quantitative estimate of drug-likeness (QED) is 0.710. The SMILES string of the molecule is CN1C(=O)C(NC(=S)N2CCCCCC2)N=C(c2ccccc2)c2cc(Cl)ccc21. The van der Waals surface area contributed by atoms with E-state index in [1.54, 1.807) is 18.0 Å². The van der Waals surface area contributed by atoms with Crippen molar-refractivity contribution in [2.45, 2.75) is 31.8 Å². The lowest BCUT2D eigenvalue weighted by molar-refractivity contribution is -0.119. The van der Waals surface area contributed by atoms with Gasteiger partial charge in [0.15, 0.2) is 5.11 Å². The first-order valence-electron chi connectivity index (χ1n) is 10.3. The van der Waals surface area contributed by atoms with Gasteiger partial charge in [-0.2, -0.15) is 0 Å². The van der Waals surface area contributed by atoms with Gasteiger partial charge in [0.1, 0.15) is 0 Å². The molecule has 1 unspecified atom stereocenters. The number of carbonyl (C=O) groups is 1. The van der Waals surface area contributed by atoms with Crippen LogP contribution in [0.2, 0.25) is 5.02 Å². The Morgan fingerprint density at radius 2 is 1.80 bits per heavy atom. The van der Waals surface area contributed by atoms with Crippen LogP contribution >= 0.6 is 23.8 Å². The normalized spacial score (nSPS) is 19.5. The molecule has 1 atom stereocenters. The summed E-state index contributed by atoms with van der Waals surface area (Å²) in [6.07, 6.45) is 3.87. The Bertz CT molecular complexity index is 970. The predicted octanol–water partition coefficient (Wildman–Crippen LogP) is 4.23. The Morgan fingerprint density at radius 3 is 2.50 bits per heavy atom. The molecular formula is C23H25ClN4OS. The van der Waals surface area contributed by atoms with Gasteiger partial charge in [-0.25, -0.2) is 4.99 Å². The Balaban J connectivity index is 1.73. The van der Waals surface area contributed by atoms with E-state index >= 15 is 0 Å². The number of likely N-dealkylation sites (tertiary alicyclic amines) is 1. The van der Waals surface area contributed by atoms with E-state index in [9.17, 15) is 4.79 Å². The minimum atomic E-state index is -0.799. The molecule has 2 heterocycles. The van der Waals surface area contributed by atoms with Gasteiger partial charge in [0.25, 0.3) is 5.91 Å². The second-order valence-electron chi connectivity index (χ2n) is 7.66. The van der Waals surface area contributed by atoms with Crippen molar-refractivity contribution in [3.63, 3.8) is 0 Å². The van der Waals surface area contributed by atoms with E-state index in [0.29, 0.717) is 10.1 Å². The molecule has 0 bridgehead atoms. The lowest BCUT2D eigenvalue weighted by atomic mass is 10.0. The number of thiocarbonyl (C=S) groups is 1. The summed E-state index contributed by atoms with van der Waals surface area (Å²) in [7, 11) is 1.77. The number of nitrogens with one attached hydrogen (secondary N) is 1. The van der Waals surface area contributed by atoms with E-state index < -0.39 is 6.17 Å². The highest BCUT2D eigenvalue weighted by Crippen LogP contribution is 2.30. The number of likely N-dealkylation sites (N-methyl/N-ethyl adjacent to an activating group) is 1. The van der Waals surface area contributed by atoms with Crippen LogP contribution in [0.4, 0.5) is 5.69 Å². The summed E-state index contributed by atoms with van der Waals surface area (Å²) in [5, 5.41) is 4.42. The number of anilines is 1. The maximum absolute atomic E-state index is 13.3. The van der Waals surface area contributed by atoms with Crippen molar-refractivity contribution in [2.24, 2.45) is 4.99 Å². The molecule has 30 heavy (non-hydrogen) atoms. The largest absolute Gasteiger partial charge is 0.349 e. The highest BCUT2D eigenvalue weighted by atomic mass is 35.5. The zero-order valence-electron chi connectivity index (χ0n) is 17.0. The molecule has 2 aliphatic heterocycles. The standard InChI is InChI=1S/C23H25ClN4OS/c1-27-19-12-11-17(24)15-18(19)20(16-9-5-4-6-10-16)25-21(22(27)29)26-23(30)28-13-7-2-3-8-14-28/h4-6,9-12,15,21H,2-3,7-8,13-14H2,1H3,(H,26,30). The fourth-order valence-electron chi connectivity index (χ4n) is 3.95. The van der Waals surface area contributed by atoms with E-state index in [-0.39, 0.29) is 5.91 Å². The lowest BCUT2D eigenvalue weighted by Crippen LogP contribution is -2.50. The number of aliphatic imine (C=N–C) groups is 1. The molecule has 4 rings (SSSR count). The first kappa shape index (κ1) is 20.8. The molecule has 0 aliphatic carbocycles. The second-order valence-corrected chi connectivity index (χ2v) is 8.48. The summed E-state index contributed by atoms with van der Waals surface area (Å²) in [6.45, 7) is 1.82. The fraction of sp³-hybridized carbons (Fsp3) is 0.348. The monoisotopic (exact) mass is 440 g/mol. The summed E-state index contributed by atoms with van der Waals surface area (Å²) < 4.78 is 0. The van der Waals surface area contributed by atoms with E-state index in [2.05, 4.69) is 10.2 Å². The summed E-state index contributed by atoms with van der Waals surface area (Å²) in [4.78, 5) is 21.9. The van der Waals surface area contributed by atoms with Gasteiger partial charge in [-0.05, 0) is 43.3 Å². The number of rotatable bonds is 2. The number of amides is 1. The zero-order valence-corrected chi connectivity index (χ0v) is 18.5. The van der Waals surface area contributed by atoms with E-state index in [1.165, 1.54) is 12.8 Å². The third kappa shape index (κ3) is 4.35. The van der Waals surface area contributed by atoms with Crippen LogP contribution in [0, 0.1) is 0 Å². The van der Waals surface area contributed by atoms with Crippen molar-refractivity contribution >= 4 is 46.2 Å². The number of carbonyl (C=O) groups excluding carboxylic acids is 1. The molecule has 156 valence electrons. The molecule has 1 saturated heterocycles. The molecule has 0 spiro atoms. The van der Waals surface area contributed by atoms with E-state index in [1.807, 2.05) is 42.5 Å². The summed E-state index contributed by atoms with van der Waals surface area (Å²) in [5.41, 5.74) is 3.25. The van der Waals surface area contributed by atoms with Crippen molar-refractivity contribution in [3.8, 4) is 0 Å². The van der Waals surface area contributed by atoms with Gasteiger partial charge in [0, 0.05) is 36.3 Å². The first-order valence-corrected chi connectivity index (χ1v) is 11.1. The third-order valence-electron chi connectivity index (χ3n) is 5.60. The molecular weight excluding hydrogens is 416 g/mol. The minimum Gasteiger partial charge on any atom is -0.349 e. The molecule has 7 heteroatoms. The maximum atomic E-state index is 13.3. The van der Waals surface area contributed by atoms with Crippen molar-refractivity contribution in [1.82, 2.24) is 10.2 Å². The Morgan fingerprint density at radius 1 is 1.10 bits per heavy atom. The van der Waals surface area contributed by atoms with Gasteiger partial charge in [-0.3, -0.25) is 4.79 Å². The zero-order chi connectivity index (χ0) is 21.1. The van der Waals surface area contributed by atoms with Crippen molar-refractivity contribution in [2.75, 3.05) is 25.0 Å². The number of benzodiazepines with no additional fused rings is 1. The molecule has 1 amide bonds. The number of fused-ring (bicyclic) bond motifs is 1. The molecule has 0 saturated carbocycles. The number of hydrogen-bond donors (Lipinski definition) is 1. The first-order chi connectivity index (χ1) is 14.5. The third-order valence-corrected chi connectivity index (χ3v) is 6.21. The number of halogens is 1. The van der Waals surface area contributed by atoms with Crippen LogP contribution in [0.1, 0.15) is 36.8 Å². The van der Waals surface area contributed by atoms with Gasteiger partial charge in [0.2, 0.25) is 6.17 Å². The summed E-state index contributed by atoms with van der Waals surface area (Å²) in [5.74, 6) is -0.151. The van der Waals surface area contributed by atoms with Crippen LogP contribution in [-0.2, 0) is 4.79 Å². The fourth-order valence-corrected chi connectivity index (χ4v) is 4.41. The van der Waals surface area contributed by atoms with Crippen LogP contribution in [0.3, 0.4) is 0 Å². The molecule has 5 nitrogen and oxygen atoms in total. The highest BCUT2D eigenvalue weighted by Gasteiger charge is 2.31. The van der Waals surface area contributed by atoms with Crippen molar-refractivity contribution in [3.05, 3.63) is 64.7 Å². The summed E-state index contributed by atoms with van der Waals surface area (Å²) in [6, 6.07) is 15.4. The van der Waals surface area contributed by atoms with Gasteiger partial charge >= 0.3 is 0 Å². The average Bonchev–Trinajstić information content (AvgIpc) is 3.09. The Hall–Kier alpha value is -2.44. The highest BCUT2D eigenvalue weighted by molar-refractivity contribution is 7.80. The van der Waals surface area contributed by atoms with Crippen LogP contribution < -0.4 is 10.2 Å². The number of hydrogen-bond acceptors (Lipinski definition) is 3. The number of benzene rings is 2. The number of nitrogens with zero attached hydrogens (tertiary/aromatic N) is 3. The molecule has 0 radical (unpaired) electrons. The van der Waals surface area contributed by atoms with Crippen LogP contribution in [0.5, 0.6) is 0 Å². The topological polar surface area (TPSA) is 47.9 Å². The molecule has 0 aromatic heterocycles. The molecule has 1 fully saturated rings. The Kier molecular flexibility index (Phi) is 6.35.